The molecule has 2 aliphatic rings. The fourth-order valence-electron chi connectivity index (χ4n) is 2.92. The van der Waals surface area contributed by atoms with Gasteiger partial charge in [-0.2, -0.15) is 0 Å². The first-order valence-corrected chi connectivity index (χ1v) is 6.39. The predicted octanol–water partition coefficient (Wildman–Crippen LogP) is 2.35. The van der Waals surface area contributed by atoms with E-state index in [4.69, 9.17) is 9.47 Å². The number of ether oxygens (including phenoxy) is 2. The third kappa shape index (κ3) is 2.16. The van der Waals surface area contributed by atoms with Crippen molar-refractivity contribution in [2.24, 2.45) is 16.7 Å². The molecule has 0 aromatic heterocycles. The molecule has 17 heavy (non-hydrogen) atoms. The zero-order chi connectivity index (χ0) is 12.7. The van der Waals surface area contributed by atoms with Crippen molar-refractivity contribution < 1.29 is 14.6 Å². The Hall–Kier alpha value is -0.380. The first-order chi connectivity index (χ1) is 7.87. The zero-order valence-corrected chi connectivity index (χ0v) is 11.2. The van der Waals surface area contributed by atoms with Crippen LogP contribution >= 0.6 is 0 Å². The molecule has 0 aromatic rings. The molecular weight excluding hydrogens is 216 g/mol. The van der Waals surface area contributed by atoms with Crippen LogP contribution in [0, 0.1) is 16.7 Å². The molecule has 2 atom stereocenters. The van der Waals surface area contributed by atoms with E-state index in [0.717, 1.165) is 26.1 Å². The molecule has 0 radical (unpaired) electrons. The molecule has 98 valence electrons. The van der Waals surface area contributed by atoms with E-state index in [9.17, 15) is 5.11 Å². The minimum absolute atomic E-state index is 0.0904. The van der Waals surface area contributed by atoms with Crippen LogP contribution < -0.4 is 0 Å². The van der Waals surface area contributed by atoms with Crippen LogP contribution in [0.4, 0.5) is 0 Å². The van der Waals surface area contributed by atoms with E-state index < -0.39 is 5.79 Å². The smallest absolute Gasteiger partial charge is 0.169 e. The molecule has 1 saturated carbocycles. The van der Waals surface area contributed by atoms with E-state index in [-0.39, 0.29) is 17.4 Å². The van der Waals surface area contributed by atoms with E-state index in [1.54, 1.807) is 0 Å². The molecule has 0 bridgehead atoms. The van der Waals surface area contributed by atoms with Crippen molar-refractivity contribution in [3.63, 3.8) is 0 Å². The predicted molar refractivity (Wildman–Crippen MR) is 66.5 cm³/mol. The van der Waals surface area contributed by atoms with Crippen LogP contribution in [0.3, 0.4) is 0 Å². The van der Waals surface area contributed by atoms with Crippen LogP contribution in [0.1, 0.15) is 33.6 Å². The molecular formula is C14H24O3. The molecule has 0 aromatic carbocycles. The number of hydrogen-bond acceptors (Lipinski definition) is 3. The van der Waals surface area contributed by atoms with Gasteiger partial charge in [-0.25, -0.2) is 0 Å². The molecule has 1 N–H and O–H groups in total. The molecule has 3 nitrogen and oxygen atoms in total. The van der Waals surface area contributed by atoms with Crippen LogP contribution in [0.5, 0.6) is 0 Å². The topological polar surface area (TPSA) is 38.7 Å². The molecule has 1 aliphatic heterocycles. The van der Waals surface area contributed by atoms with Gasteiger partial charge in [0.15, 0.2) is 5.79 Å². The number of rotatable bonds is 2. The van der Waals surface area contributed by atoms with Gasteiger partial charge < -0.3 is 14.6 Å². The monoisotopic (exact) mass is 240 g/mol. The lowest BCUT2D eigenvalue weighted by atomic mass is 9.80. The summed E-state index contributed by atoms with van der Waals surface area (Å²) in [6, 6.07) is 0. The van der Waals surface area contributed by atoms with Crippen LogP contribution in [0.2, 0.25) is 0 Å². The van der Waals surface area contributed by atoms with Gasteiger partial charge in [-0.3, -0.25) is 0 Å². The highest BCUT2D eigenvalue weighted by Gasteiger charge is 2.55. The summed E-state index contributed by atoms with van der Waals surface area (Å²) < 4.78 is 12.0. The summed E-state index contributed by atoms with van der Waals surface area (Å²) in [6.45, 7) is 11.9. The zero-order valence-electron chi connectivity index (χ0n) is 11.2. The van der Waals surface area contributed by atoms with E-state index in [2.05, 4.69) is 27.4 Å². The van der Waals surface area contributed by atoms with Crippen LogP contribution in [-0.4, -0.2) is 30.7 Å². The van der Waals surface area contributed by atoms with Gasteiger partial charge in [-0.15, -0.1) is 6.58 Å². The SMILES string of the molecule is C=C[C@@]1(CO)CC2(CC1C)OCC(C)(C)CO2. The molecule has 1 spiro atoms. The van der Waals surface area contributed by atoms with Crippen LogP contribution in [0.15, 0.2) is 12.7 Å². The van der Waals surface area contributed by atoms with Gasteiger partial charge in [0.05, 0.1) is 19.8 Å². The highest BCUT2D eigenvalue weighted by Crippen LogP contribution is 2.53. The van der Waals surface area contributed by atoms with Gasteiger partial charge in [0, 0.05) is 23.7 Å². The van der Waals surface area contributed by atoms with Gasteiger partial charge in [0.25, 0.3) is 0 Å². The van der Waals surface area contributed by atoms with Crippen molar-refractivity contribution in [2.75, 3.05) is 19.8 Å². The molecule has 1 saturated heterocycles. The Bertz CT molecular complexity index is 301. The summed E-state index contributed by atoms with van der Waals surface area (Å²) >= 11 is 0. The Morgan fingerprint density at radius 2 is 1.94 bits per heavy atom. The van der Waals surface area contributed by atoms with Gasteiger partial charge in [0.2, 0.25) is 0 Å². The maximum Gasteiger partial charge on any atom is 0.169 e. The van der Waals surface area contributed by atoms with Crippen LogP contribution in [-0.2, 0) is 9.47 Å². The van der Waals surface area contributed by atoms with E-state index in [0.29, 0.717) is 5.92 Å². The summed E-state index contributed by atoms with van der Waals surface area (Å²) in [4.78, 5) is 0. The maximum absolute atomic E-state index is 9.62. The Kier molecular flexibility index (Phi) is 3.13. The lowest BCUT2D eigenvalue weighted by Crippen LogP contribution is -2.46. The highest BCUT2D eigenvalue weighted by atomic mass is 16.7. The summed E-state index contributed by atoms with van der Waals surface area (Å²) in [5.74, 6) is -0.155. The number of aliphatic hydroxyl groups excluding tert-OH is 1. The Labute approximate surface area is 104 Å². The summed E-state index contributed by atoms with van der Waals surface area (Å²) in [5.41, 5.74) is -0.158. The van der Waals surface area contributed by atoms with Crippen molar-refractivity contribution in [1.82, 2.24) is 0 Å². The minimum Gasteiger partial charge on any atom is -0.395 e. The van der Waals surface area contributed by atoms with Gasteiger partial charge in [-0.05, 0) is 5.92 Å². The first kappa shape index (κ1) is 13.1. The maximum atomic E-state index is 9.62. The van der Waals surface area contributed by atoms with Gasteiger partial charge >= 0.3 is 0 Å². The van der Waals surface area contributed by atoms with Crippen LogP contribution in [0.25, 0.3) is 0 Å². The molecule has 3 heteroatoms. The Morgan fingerprint density at radius 1 is 1.35 bits per heavy atom. The second-order valence-electron chi connectivity index (χ2n) is 6.53. The van der Waals surface area contributed by atoms with Gasteiger partial charge in [-0.1, -0.05) is 26.8 Å². The number of aliphatic hydroxyl groups is 1. The molecule has 1 unspecified atom stereocenters. The fourth-order valence-corrected chi connectivity index (χ4v) is 2.92. The standard InChI is InChI=1S/C14H24O3/c1-5-13(8-15)7-14(6-11(13)2)16-9-12(3,4)10-17-14/h5,11,15H,1,6-10H2,2-4H3/t11?,13-/m0/s1. The normalized spacial score (nSPS) is 39.4. The summed E-state index contributed by atoms with van der Waals surface area (Å²) in [5, 5.41) is 9.62. The van der Waals surface area contributed by atoms with E-state index >= 15 is 0 Å². The third-order valence-electron chi connectivity index (χ3n) is 4.35. The fraction of sp³-hybridized carbons (Fsp3) is 0.857. The second-order valence-corrected chi connectivity index (χ2v) is 6.53. The second kappa shape index (κ2) is 4.08. The molecule has 1 heterocycles. The minimum atomic E-state index is -0.494. The molecule has 2 rings (SSSR count). The largest absolute Gasteiger partial charge is 0.395 e. The molecule has 1 aliphatic carbocycles. The van der Waals surface area contributed by atoms with Crippen molar-refractivity contribution in [2.45, 2.75) is 39.4 Å². The van der Waals surface area contributed by atoms with Crippen molar-refractivity contribution in [3.05, 3.63) is 12.7 Å². The highest BCUT2D eigenvalue weighted by molar-refractivity contribution is 5.08. The third-order valence-corrected chi connectivity index (χ3v) is 4.35. The first-order valence-electron chi connectivity index (χ1n) is 6.39. The Balaban J connectivity index is 2.13. The lowest BCUT2D eigenvalue weighted by molar-refractivity contribution is -0.298. The van der Waals surface area contributed by atoms with Crippen molar-refractivity contribution >= 4 is 0 Å². The lowest BCUT2D eigenvalue weighted by Gasteiger charge is -2.42. The summed E-state index contributed by atoms with van der Waals surface area (Å²) in [6.07, 6.45) is 3.44. The summed E-state index contributed by atoms with van der Waals surface area (Å²) in [7, 11) is 0. The average Bonchev–Trinajstić information content (AvgIpc) is 2.58. The quantitative estimate of drug-likeness (QED) is 0.753. The Morgan fingerprint density at radius 3 is 2.35 bits per heavy atom. The average molecular weight is 240 g/mol. The van der Waals surface area contributed by atoms with Gasteiger partial charge in [0.1, 0.15) is 0 Å². The van der Waals surface area contributed by atoms with Crippen molar-refractivity contribution in [1.29, 1.82) is 0 Å². The van der Waals surface area contributed by atoms with Crippen molar-refractivity contribution in [3.8, 4) is 0 Å². The van der Waals surface area contributed by atoms with E-state index in [1.807, 2.05) is 6.08 Å². The van der Waals surface area contributed by atoms with E-state index in [1.165, 1.54) is 0 Å². The number of hydrogen-bond donors (Lipinski definition) is 1. The molecule has 0 amide bonds. The molecule has 2 fully saturated rings.